The Hall–Kier alpha value is -2.41. The van der Waals surface area contributed by atoms with Crippen molar-refractivity contribution < 1.29 is 9.21 Å². The highest BCUT2D eigenvalue weighted by Crippen LogP contribution is 2.44. The molecular weight excluding hydrogens is 342 g/mol. The number of furan rings is 1. The largest absolute Gasteiger partial charge is 0.468 e. The van der Waals surface area contributed by atoms with Crippen molar-refractivity contribution in [2.45, 2.75) is 19.4 Å². The number of carbonyl (C=O) groups excluding carboxylic acids is 1. The molecule has 0 spiro atoms. The van der Waals surface area contributed by atoms with Crippen molar-refractivity contribution in [2.75, 3.05) is 45.2 Å². The third-order valence-corrected chi connectivity index (χ3v) is 5.90. The minimum Gasteiger partial charge on any atom is -0.468 e. The lowest BCUT2D eigenvalue weighted by molar-refractivity contribution is -0.141. The van der Waals surface area contributed by atoms with E-state index >= 15 is 0 Å². The summed E-state index contributed by atoms with van der Waals surface area (Å²) in [5, 5.41) is 0. The van der Waals surface area contributed by atoms with Gasteiger partial charge in [0.1, 0.15) is 5.76 Å². The van der Waals surface area contributed by atoms with E-state index in [-0.39, 0.29) is 17.2 Å². The summed E-state index contributed by atoms with van der Waals surface area (Å²) in [4.78, 5) is 28.5. The van der Waals surface area contributed by atoms with Crippen LogP contribution in [0.4, 0.5) is 5.95 Å². The standard InChI is InChI=1S/C20H27N5O2/c1-23(2)18(26)20-7-4-10-24(14-17-6-3-11-27-17)12-16(20)13-25(15-20)19-21-8-5-9-22-19/h3,5-6,8-9,11,16H,4,7,10,12-15H2,1-2H3/t16-,20-/m0/s1. The summed E-state index contributed by atoms with van der Waals surface area (Å²) >= 11 is 0. The van der Waals surface area contributed by atoms with Gasteiger partial charge in [0.15, 0.2) is 0 Å². The Balaban J connectivity index is 1.60. The number of likely N-dealkylation sites (tertiary alicyclic amines) is 1. The van der Waals surface area contributed by atoms with Crippen LogP contribution in [0, 0.1) is 11.3 Å². The summed E-state index contributed by atoms with van der Waals surface area (Å²) < 4.78 is 5.54. The van der Waals surface area contributed by atoms with Crippen LogP contribution >= 0.6 is 0 Å². The highest BCUT2D eigenvalue weighted by molar-refractivity contribution is 5.84. The van der Waals surface area contributed by atoms with Crippen molar-refractivity contribution in [1.29, 1.82) is 0 Å². The van der Waals surface area contributed by atoms with Gasteiger partial charge in [0.2, 0.25) is 11.9 Å². The predicted molar refractivity (Wildman–Crippen MR) is 102 cm³/mol. The van der Waals surface area contributed by atoms with Gasteiger partial charge < -0.3 is 14.2 Å². The number of aromatic nitrogens is 2. The number of fused-ring (bicyclic) bond motifs is 1. The van der Waals surface area contributed by atoms with E-state index in [2.05, 4.69) is 19.8 Å². The van der Waals surface area contributed by atoms with Crippen LogP contribution in [0.2, 0.25) is 0 Å². The number of anilines is 1. The van der Waals surface area contributed by atoms with Gasteiger partial charge in [-0.05, 0) is 37.6 Å². The molecule has 4 heterocycles. The third-order valence-electron chi connectivity index (χ3n) is 5.90. The fourth-order valence-electron chi connectivity index (χ4n) is 4.68. The highest BCUT2D eigenvalue weighted by atomic mass is 16.3. The van der Waals surface area contributed by atoms with Gasteiger partial charge in [0.05, 0.1) is 18.2 Å². The zero-order valence-electron chi connectivity index (χ0n) is 16.0. The number of nitrogens with zero attached hydrogens (tertiary/aromatic N) is 5. The van der Waals surface area contributed by atoms with Crippen LogP contribution < -0.4 is 4.90 Å². The molecule has 0 aliphatic carbocycles. The van der Waals surface area contributed by atoms with Crippen molar-refractivity contribution in [3.05, 3.63) is 42.6 Å². The number of hydrogen-bond donors (Lipinski definition) is 0. The van der Waals surface area contributed by atoms with Crippen LogP contribution in [0.1, 0.15) is 18.6 Å². The first-order valence-corrected chi connectivity index (χ1v) is 9.57. The smallest absolute Gasteiger partial charge is 0.230 e. The Kier molecular flexibility index (Phi) is 4.86. The third kappa shape index (κ3) is 3.43. The van der Waals surface area contributed by atoms with Crippen LogP contribution in [-0.2, 0) is 11.3 Å². The van der Waals surface area contributed by atoms with Gasteiger partial charge >= 0.3 is 0 Å². The summed E-state index contributed by atoms with van der Waals surface area (Å²) in [7, 11) is 3.72. The molecule has 4 rings (SSSR count). The molecule has 27 heavy (non-hydrogen) atoms. The van der Waals surface area contributed by atoms with E-state index in [0.717, 1.165) is 44.8 Å². The Labute approximate surface area is 160 Å². The average Bonchev–Trinajstić information content (AvgIpc) is 3.27. The fraction of sp³-hybridized carbons (Fsp3) is 0.550. The van der Waals surface area contributed by atoms with Gasteiger partial charge in [-0.1, -0.05) is 0 Å². The highest BCUT2D eigenvalue weighted by Gasteiger charge is 2.54. The number of rotatable bonds is 4. The zero-order valence-corrected chi connectivity index (χ0v) is 16.0. The zero-order chi connectivity index (χ0) is 18.9. The number of amides is 1. The average molecular weight is 369 g/mol. The summed E-state index contributed by atoms with van der Waals surface area (Å²) in [5.74, 6) is 2.16. The van der Waals surface area contributed by atoms with Crippen molar-refractivity contribution >= 4 is 11.9 Å². The molecule has 2 fully saturated rings. The van der Waals surface area contributed by atoms with E-state index in [1.807, 2.05) is 32.3 Å². The number of hydrogen-bond acceptors (Lipinski definition) is 6. The molecule has 2 saturated heterocycles. The molecule has 0 N–H and O–H groups in total. The molecule has 2 aliphatic rings. The SMILES string of the molecule is CN(C)C(=O)[C@]12CCCN(Cc3ccco3)C[C@H]1CN(c1ncccn1)C2. The second kappa shape index (κ2) is 7.31. The Bertz CT molecular complexity index is 764. The lowest BCUT2D eigenvalue weighted by Gasteiger charge is -2.34. The van der Waals surface area contributed by atoms with E-state index in [0.29, 0.717) is 12.5 Å². The van der Waals surface area contributed by atoms with Crippen molar-refractivity contribution in [3.8, 4) is 0 Å². The topological polar surface area (TPSA) is 65.7 Å². The van der Waals surface area contributed by atoms with Crippen LogP contribution in [-0.4, -0.2) is 65.9 Å². The van der Waals surface area contributed by atoms with Gasteiger partial charge in [0.25, 0.3) is 0 Å². The molecule has 144 valence electrons. The van der Waals surface area contributed by atoms with Gasteiger partial charge in [-0.2, -0.15) is 0 Å². The summed E-state index contributed by atoms with van der Waals surface area (Å²) in [6.45, 7) is 4.15. The van der Waals surface area contributed by atoms with Gasteiger partial charge in [-0.15, -0.1) is 0 Å². The molecule has 0 radical (unpaired) electrons. The maximum atomic E-state index is 13.3. The molecule has 2 aromatic rings. The van der Waals surface area contributed by atoms with Crippen molar-refractivity contribution in [1.82, 2.24) is 19.8 Å². The Morgan fingerprint density at radius 3 is 2.81 bits per heavy atom. The maximum Gasteiger partial charge on any atom is 0.230 e. The van der Waals surface area contributed by atoms with E-state index in [1.54, 1.807) is 23.6 Å². The Morgan fingerprint density at radius 2 is 2.11 bits per heavy atom. The van der Waals surface area contributed by atoms with Crippen molar-refractivity contribution in [2.24, 2.45) is 11.3 Å². The van der Waals surface area contributed by atoms with E-state index in [1.165, 1.54) is 0 Å². The Morgan fingerprint density at radius 1 is 1.30 bits per heavy atom. The van der Waals surface area contributed by atoms with Gasteiger partial charge in [-0.25, -0.2) is 9.97 Å². The molecule has 2 aliphatic heterocycles. The summed E-state index contributed by atoms with van der Waals surface area (Å²) in [6, 6.07) is 5.77. The minimum atomic E-state index is -0.374. The monoisotopic (exact) mass is 369 g/mol. The predicted octanol–water partition coefficient (Wildman–Crippen LogP) is 1.88. The second-order valence-corrected chi connectivity index (χ2v) is 7.90. The maximum absolute atomic E-state index is 13.3. The normalized spacial score (nSPS) is 25.9. The molecule has 7 nitrogen and oxygen atoms in total. The van der Waals surface area contributed by atoms with Crippen molar-refractivity contribution in [3.63, 3.8) is 0 Å². The lowest BCUT2D eigenvalue weighted by atomic mass is 9.74. The lowest BCUT2D eigenvalue weighted by Crippen LogP contribution is -2.47. The first-order valence-electron chi connectivity index (χ1n) is 9.57. The molecule has 0 unspecified atom stereocenters. The van der Waals surface area contributed by atoms with Crippen LogP contribution in [0.3, 0.4) is 0 Å². The van der Waals surface area contributed by atoms with Crippen LogP contribution in [0.5, 0.6) is 0 Å². The molecule has 0 aromatic carbocycles. The molecule has 0 bridgehead atoms. The summed E-state index contributed by atoms with van der Waals surface area (Å²) in [6.07, 6.45) is 7.14. The second-order valence-electron chi connectivity index (χ2n) is 7.90. The number of carbonyl (C=O) groups is 1. The quantitative estimate of drug-likeness (QED) is 0.820. The molecule has 1 amide bonds. The van der Waals surface area contributed by atoms with E-state index in [9.17, 15) is 4.79 Å². The fourth-order valence-corrected chi connectivity index (χ4v) is 4.68. The van der Waals surface area contributed by atoms with Crippen LogP contribution in [0.25, 0.3) is 0 Å². The molecule has 0 saturated carbocycles. The minimum absolute atomic E-state index is 0.228. The molecule has 2 aromatic heterocycles. The van der Waals surface area contributed by atoms with E-state index in [4.69, 9.17) is 4.42 Å². The van der Waals surface area contributed by atoms with Gasteiger partial charge in [0, 0.05) is 52.0 Å². The van der Waals surface area contributed by atoms with Gasteiger partial charge in [-0.3, -0.25) is 9.69 Å². The molecule has 7 heteroatoms. The molecular formula is C20H27N5O2. The first kappa shape index (κ1) is 18.0. The van der Waals surface area contributed by atoms with Crippen LogP contribution in [0.15, 0.2) is 41.3 Å². The van der Waals surface area contributed by atoms with E-state index < -0.39 is 0 Å². The first-order chi connectivity index (χ1) is 13.1. The molecule has 2 atom stereocenters. The summed E-state index contributed by atoms with van der Waals surface area (Å²) in [5.41, 5.74) is -0.374.